The Labute approximate surface area is 145 Å². The topological polar surface area (TPSA) is 15.3 Å². The molecule has 0 unspecified atom stereocenters. The Bertz CT molecular complexity index is 639. The van der Waals surface area contributed by atoms with E-state index in [1.165, 1.54) is 26.6 Å². The third kappa shape index (κ3) is 3.67. The number of halogens is 1. The van der Waals surface area contributed by atoms with Gasteiger partial charge in [0.05, 0.1) is 5.69 Å². The van der Waals surface area contributed by atoms with Crippen molar-refractivity contribution >= 4 is 33.4 Å². The van der Waals surface area contributed by atoms with Crippen LogP contribution < -0.4 is 10.2 Å². The summed E-state index contributed by atoms with van der Waals surface area (Å²) in [5.41, 5.74) is 4.03. The number of alkyl halides is 1. The largest absolute Gasteiger partial charge is 0.368 e. The molecule has 0 aliphatic carbocycles. The second-order valence-electron chi connectivity index (χ2n) is 5.54. The molecule has 4 heteroatoms. The number of anilines is 1. The number of nitrogens with zero attached hydrogens (tertiary/aromatic N) is 1. The molecule has 3 rings (SSSR count). The maximum Gasteiger partial charge on any atom is 0.0508 e. The average molecular weight is 377 g/mol. The van der Waals surface area contributed by atoms with Gasteiger partial charge in [-0.3, -0.25) is 0 Å². The molecule has 2 aromatic rings. The Morgan fingerprint density at radius 3 is 2.59 bits per heavy atom. The van der Waals surface area contributed by atoms with Gasteiger partial charge >= 0.3 is 0 Å². The van der Waals surface area contributed by atoms with Crippen molar-refractivity contribution in [1.82, 2.24) is 5.32 Å². The van der Waals surface area contributed by atoms with Gasteiger partial charge in [-0.15, -0.1) is 0 Å². The van der Waals surface area contributed by atoms with Gasteiger partial charge in [0, 0.05) is 41.3 Å². The van der Waals surface area contributed by atoms with Gasteiger partial charge in [0.2, 0.25) is 0 Å². The molecule has 0 aromatic heterocycles. The van der Waals surface area contributed by atoms with Crippen molar-refractivity contribution in [3.05, 3.63) is 53.6 Å². The standard InChI is InChI=1S/C18H21BrN2S/c1-14-12-15(13-19)6-7-17(14)22-18-5-3-2-4-16(18)21-10-8-20-9-11-21/h2-7,12,20H,8-11,13H2,1H3. The number of hydrogen-bond acceptors (Lipinski definition) is 3. The number of rotatable bonds is 4. The lowest BCUT2D eigenvalue weighted by atomic mass is 10.2. The highest BCUT2D eigenvalue weighted by atomic mass is 79.9. The molecule has 1 aliphatic rings. The highest BCUT2D eigenvalue weighted by Crippen LogP contribution is 2.37. The van der Waals surface area contributed by atoms with E-state index in [2.05, 4.69) is 75.5 Å². The average Bonchev–Trinajstić information content (AvgIpc) is 2.58. The molecule has 1 N–H and O–H groups in total. The molecule has 0 bridgehead atoms. The Kier molecular flexibility index (Phi) is 5.45. The van der Waals surface area contributed by atoms with Gasteiger partial charge in [0.25, 0.3) is 0 Å². The Balaban J connectivity index is 1.86. The molecule has 1 aliphatic heterocycles. The van der Waals surface area contributed by atoms with Crippen LogP contribution in [0.1, 0.15) is 11.1 Å². The molecule has 0 saturated carbocycles. The smallest absolute Gasteiger partial charge is 0.0508 e. The van der Waals surface area contributed by atoms with Crippen LogP contribution in [0.5, 0.6) is 0 Å². The van der Waals surface area contributed by atoms with E-state index in [1.54, 1.807) is 0 Å². The van der Waals surface area contributed by atoms with Gasteiger partial charge in [-0.05, 0) is 36.2 Å². The molecule has 22 heavy (non-hydrogen) atoms. The minimum atomic E-state index is 0.913. The highest BCUT2D eigenvalue weighted by molar-refractivity contribution is 9.08. The fourth-order valence-corrected chi connectivity index (χ4v) is 4.13. The van der Waals surface area contributed by atoms with Crippen molar-refractivity contribution in [3.63, 3.8) is 0 Å². The summed E-state index contributed by atoms with van der Waals surface area (Å²) in [6.45, 7) is 6.50. The van der Waals surface area contributed by atoms with Crippen LogP contribution >= 0.6 is 27.7 Å². The zero-order chi connectivity index (χ0) is 15.4. The zero-order valence-corrected chi connectivity index (χ0v) is 15.2. The van der Waals surface area contributed by atoms with Crippen molar-refractivity contribution in [2.24, 2.45) is 0 Å². The molecule has 2 nitrogen and oxygen atoms in total. The van der Waals surface area contributed by atoms with E-state index in [0.29, 0.717) is 0 Å². The van der Waals surface area contributed by atoms with Crippen molar-refractivity contribution in [2.45, 2.75) is 22.0 Å². The van der Waals surface area contributed by atoms with Gasteiger partial charge in [-0.2, -0.15) is 0 Å². The lowest BCUT2D eigenvalue weighted by molar-refractivity contribution is 0.587. The molecule has 2 aromatic carbocycles. The first-order chi connectivity index (χ1) is 10.8. The normalized spacial score (nSPS) is 15.1. The number of para-hydroxylation sites is 1. The molecule has 0 spiro atoms. The Morgan fingerprint density at radius 2 is 1.86 bits per heavy atom. The molecular formula is C18H21BrN2S. The van der Waals surface area contributed by atoms with Crippen LogP contribution in [-0.4, -0.2) is 26.2 Å². The minimum Gasteiger partial charge on any atom is -0.368 e. The summed E-state index contributed by atoms with van der Waals surface area (Å²) in [7, 11) is 0. The summed E-state index contributed by atoms with van der Waals surface area (Å²) in [5.74, 6) is 0. The van der Waals surface area contributed by atoms with Crippen molar-refractivity contribution in [2.75, 3.05) is 31.1 Å². The molecular weight excluding hydrogens is 356 g/mol. The highest BCUT2D eigenvalue weighted by Gasteiger charge is 2.15. The SMILES string of the molecule is Cc1cc(CBr)ccc1Sc1ccccc1N1CCNCC1. The first-order valence-corrected chi connectivity index (χ1v) is 9.60. The third-order valence-corrected chi connectivity index (χ3v) is 5.83. The van der Waals surface area contributed by atoms with E-state index >= 15 is 0 Å². The fourth-order valence-electron chi connectivity index (χ4n) is 2.74. The van der Waals surface area contributed by atoms with Crippen molar-refractivity contribution in [1.29, 1.82) is 0 Å². The predicted octanol–water partition coefficient (Wildman–Crippen LogP) is 4.45. The Hall–Kier alpha value is -0.970. The van der Waals surface area contributed by atoms with E-state index in [9.17, 15) is 0 Å². The summed E-state index contributed by atoms with van der Waals surface area (Å²) >= 11 is 5.40. The van der Waals surface area contributed by atoms with Crippen LogP contribution in [0, 0.1) is 6.92 Å². The lowest BCUT2D eigenvalue weighted by Gasteiger charge is -2.31. The van der Waals surface area contributed by atoms with Gasteiger partial charge in [0.1, 0.15) is 0 Å². The molecule has 0 radical (unpaired) electrons. The van der Waals surface area contributed by atoms with Gasteiger partial charge in [0.15, 0.2) is 0 Å². The van der Waals surface area contributed by atoms with E-state index in [4.69, 9.17) is 0 Å². The number of piperazine rings is 1. The zero-order valence-electron chi connectivity index (χ0n) is 12.8. The summed E-state index contributed by atoms with van der Waals surface area (Å²) in [5, 5.41) is 4.34. The number of benzene rings is 2. The summed E-state index contributed by atoms with van der Waals surface area (Å²) < 4.78 is 0. The molecule has 0 amide bonds. The second-order valence-corrected chi connectivity index (χ2v) is 7.18. The molecule has 116 valence electrons. The van der Waals surface area contributed by atoms with Crippen LogP contribution in [0.25, 0.3) is 0 Å². The van der Waals surface area contributed by atoms with E-state index < -0.39 is 0 Å². The maximum absolute atomic E-state index is 3.53. The van der Waals surface area contributed by atoms with Gasteiger partial charge in [-0.1, -0.05) is 52.0 Å². The summed E-state index contributed by atoms with van der Waals surface area (Å²) in [4.78, 5) is 5.17. The molecule has 1 fully saturated rings. The number of aryl methyl sites for hydroxylation is 1. The van der Waals surface area contributed by atoms with Gasteiger partial charge < -0.3 is 10.2 Å². The molecule has 1 saturated heterocycles. The lowest BCUT2D eigenvalue weighted by Crippen LogP contribution is -2.43. The summed E-state index contributed by atoms with van der Waals surface area (Å²) in [6, 6.07) is 15.5. The maximum atomic E-state index is 3.53. The van der Waals surface area contributed by atoms with E-state index in [1.807, 2.05) is 11.8 Å². The van der Waals surface area contributed by atoms with Crippen LogP contribution in [0.4, 0.5) is 5.69 Å². The molecule has 1 heterocycles. The van der Waals surface area contributed by atoms with Crippen LogP contribution in [0.2, 0.25) is 0 Å². The van der Waals surface area contributed by atoms with Crippen LogP contribution in [0.15, 0.2) is 52.3 Å². The van der Waals surface area contributed by atoms with E-state index in [0.717, 1.165) is 31.5 Å². The van der Waals surface area contributed by atoms with Crippen LogP contribution in [0.3, 0.4) is 0 Å². The minimum absolute atomic E-state index is 0.913. The quantitative estimate of drug-likeness (QED) is 0.793. The monoisotopic (exact) mass is 376 g/mol. The molecule has 0 atom stereocenters. The van der Waals surface area contributed by atoms with Crippen molar-refractivity contribution in [3.8, 4) is 0 Å². The second kappa shape index (κ2) is 7.53. The van der Waals surface area contributed by atoms with Crippen LogP contribution in [-0.2, 0) is 5.33 Å². The number of nitrogens with one attached hydrogen (secondary N) is 1. The first kappa shape index (κ1) is 15.9. The summed E-state index contributed by atoms with van der Waals surface area (Å²) in [6.07, 6.45) is 0. The predicted molar refractivity (Wildman–Crippen MR) is 99.5 cm³/mol. The Morgan fingerprint density at radius 1 is 1.09 bits per heavy atom. The van der Waals surface area contributed by atoms with E-state index in [-0.39, 0.29) is 0 Å². The third-order valence-electron chi connectivity index (χ3n) is 3.94. The van der Waals surface area contributed by atoms with Crippen molar-refractivity contribution < 1.29 is 0 Å². The first-order valence-electron chi connectivity index (χ1n) is 7.66. The van der Waals surface area contributed by atoms with Gasteiger partial charge in [-0.25, -0.2) is 0 Å². The number of hydrogen-bond donors (Lipinski definition) is 1. The fraction of sp³-hybridized carbons (Fsp3) is 0.333.